The summed E-state index contributed by atoms with van der Waals surface area (Å²) in [6, 6.07) is 0. The van der Waals surface area contributed by atoms with E-state index in [0.29, 0.717) is 12.2 Å². The number of methoxy groups -OCH3 is 1. The molecule has 88 valence electrons. The third-order valence-electron chi connectivity index (χ3n) is 2.62. The first kappa shape index (κ1) is 12.7. The monoisotopic (exact) mass is 213 g/mol. The molecule has 0 aromatic rings. The van der Waals surface area contributed by atoms with Crippen LogP contribution in [0.15, 0.2) is 11.6 Å². The fraction of sp³-hybridized carbons (Fsp3) is 0.833. The summed E-state index contributed by atoms with van der Waals surface area (Å²) in [5.41, 5.74) is 1.35. The summed E-state index contributed by atoms with van der Waals surface area (Å²) in [6.07, 6.45) is 5.36. The Morgan fingerprint density at radius 3 is 2.93 bits per heavy atom. The molecule has 2 atom stereocenters. The van der Waals surface area contributed by atoms with Crippen LogP contribution in [-0.4, -0.2) is 39.0 Å². The Balaban J connectivity index is 2.15. The molecular weight excluding hydrogens is 190 g/mol. The van der Waals surface area contributed by atoms with E-state index in [4.69, 9.17) is 9.47 Å². The van der Waals surface area contributed by atoms with Crippen LogP contribution in [-0.2, 0) is 9.47 Å². The largest absolute Gasteiger partial charge is 0.383 e. The molecule has 1 aliphatic heterocycles. The van der Waals surface area contributed by atoms with Crippen LogP contribution >= 0.6 is 0 Å². The zero-order valence-corrected chi connectivity index (χ0v) is 10.1. The molecule has 0 spiro atoms. The second kappa shape index (κ2) is 6.99. The lowest BCUT2D eigenvalue weighted by Gasteiger charge is -2.09. The second-order valence-electron chi connectivity index (χ2n) is 4.25. The van der Waals surface area contributed by atoms with Crippen LogP contribution in [0, 0.1) is 0 Å². The topological polar surface area (TPSA) is 30.5 Å². The summed E-state index contributed by atoms with van der Waals surface area (Å²) in [5, 5.41) is 3.32. The molecule has 0 radical (unpaired) electrons. The molecule has 1 heterocycles. The van der Waals surface area contributed by atoms with Gasteiger partial charge in [-0.1, -0.05) is 11.6 Å². The van der Waals surface area contributed by atoms with Gasteiger partial charge >= 0.3 is 0 Å². The maximum absolute atomic E-state index is 5.73. The Labute approximate surface area is 92.8 Å². The van der Waals surface area contributed by atoms with Crippen molar-refractivity contribution in [1.29, 1.82) is 0 Å². The van der Waals surface area contributed by atoms with Gasteiger partial charge in [0.25, 0.3) is 0 Å². The average Bonchev–Trinajstić information content (AvgIpc) is 2.59. The Kier molecular flexibility index (Phi) is 5.91. The number of ether oxygens (including phenoxy) is 2. The van der Waals surface area contributed by atoms with E-state index in [1.165, 1.54) is 12.0 Å². The minimum Gasteiger partial charge on any atom is -0.383 e. The smallest absolute Gasteiger partial charge is 0.0763 e. The molecule has 1 rings (SSSR count). The van der Waals surface area contributed by atoms with Crippen molar-refractivity contribution in [3.05, 3.63) is 11.6 Å². The molecule has 0 saturated carbocycles. The van der Waals surface area contributed by atoms with Gasteiger partial charge in [-0.15, -0.1) is 0 Å². The zero-order chi connectivity index (χ0) is 11.1. The Hall–Kier alpha value is -0.380. The molecule has 3 nitrogen and oxygen atoms in total. The molecule has 2 unspecified atom stereocenters. The lowest BCUT2D eigenvalue weighted by Crippen LogP contribution is -2.21. The van der Waals surface area contributed by atoms with Gasteiger partial charge in [0, 0.05) is 20.2 Å². The van der Waals surface area contributed by atoms with Crippen molar-refractivity contribution in [2.24, 2.45) is 0 Å². The molecular formula is C12H23NO2. The Morgan fingerprint density at radius 2 is 2.33 bits per heavy atom. The average molecular weight is 213 g/mol. The summed E-state index contributed by atoms with van der Waals surface area (Å²) in [7, 11) is 1.72. The van der Waals surface area contributed by atoms with Crippen LogP contribution in [0.1, 0.15) is 26.7 Å². The van der Waals surface area contributed by atoms with Gasteiger partial charge in [0.15, 0.2) is 0 Å². The first-order valence-corrected chi connectivity index (χ1v) is 5.74. The van der Waals surface area contributed by atoms with Crippen molar-refractivity contribution in [1.82, 2.24) is 5.32 Å². The number of nitrogens with one attached hydrogen (secondary N) is 1. The molecule has 0 aromatic carbocycles. The fourth-order valence-corrected chi connectivity index (χ4v) is 1.79. The van der Waals surface area contributed by atoms with E-state index in [0.717, 1.165) is 26.1 Å². The van der Waals surface area contributed by atoms with Gasteiger partial charge in [0.2, 0.25) is 0 Å². The first-order chi connectivity index (χ1) is 7.22. The molecule has 15 heavy (non-hydrogen) atoms. The van der Waals surface area contributed by atoms with E-state index in [9.17, 15) is 0 Å². The minimum absolute atomic E-state index is 0.337. The van der Waals surface area contributed by atoms with Crippen molar-refractivity contribution < 1.29 is 9.47 Å². The van der Waals surface area contributed by atoms with Gasteiger partial charge < -0.3 is 14.8 Å². The highest BCUT2D eigenvalue weighted by atomic mass is 16.5. The zero-order valence-electron chi connectivity index (χ0n) is 10.1. The molecule has 0 aromatic heterocycles. The first-order valence-electron chi connectivity index (χ1n) is 5.74. The summed E-state index contributed by atoms with van der Waals surface area (Å²) in [5.74, 6) is 0. The lowest BCUT2D eigenvalue weighted by molar-refractivity contribution is 0.0828. The lowest BCUT2D eigenvalue weighted by atomic mass is 10.1. The SMILES string of the molecule is COCCNC/C(C)=C/C1CCC(C)O1. The van der Waals surface area contributed by atoms with Crippen LogP contribution in [0.5, 0.6) is 0 Å². The molecule has 1 saturated heterocycles. The minimum atomic E-state index is 0.337. The van der Waals surface area contributed by atoms with E-state index in [-0.39, 0.29) is 0 Å². The van der Waals surface area contributed by atoms with Gasteiger partial charge in [-0.05, 0) is 26.7 Å². The Bertz CT molecular complexity index is 204. The van der Waals surface area contributed by atoms with Crippen molar-refractivity contribution >= 4 is 0 Å². The molecule has 0 amide bonds. The van der Waals surface area contributed by atoms with Crippen LogP contribution in [0.3, 0.4) is 0 Å². The fourth-order valence-electron chi connectivity index (χ4n) is 1.79. The summed E-state index contributed by atoms with van der Waals surface area (Å²) < 4.78 is 10.7. The quantitative estimate of drug-likeness (QED) is 0.538. The van der Waals surface area contributed by atoms with E-state index >= 15 is 0 Å². The predicted molar refractivity (Wildman–Crippen MR) is 62.1 cm³/mol. The summed E-state index contributed by atoms with van der Waals surface area (Å²) in [6.45, 7) is 6.89. The van der Waals surface area contributed by atoms with Gasteiger partial charge in [-0.25, -0.2) is 0 Å². The van der Waals surface area contributed by atoms with Gasteiger partial charge in [-0.3, -0.25) is 0 Å². The maximum Gasteiger partial charge on any atom is 0.0763 e. The van der Waals surface area contributed by atoms with Gasteiger partial charge in [0.1, 0.15) is 0 Å². The van der Waals surface area contributed by atoms with E-state index in [1.807, 2.05) is 0 Å². The second-order valence-corrected chi connectivity index (χ2v) is 4.25. The van der Waals surface area contributed by atoms with Crippen molar-refractivity contribution in [2.45, 2.75) is 38.9 Å². The van der Waals surface area contributed by atoms with Crippen molar-refractivity contribution in [3.63, 3.8) is 0 Å². The van der Waals surface area contributed by atoms with Crippen LogP contribution in [0.25, 0.3) is 0 Å². The maximum atomic E-state index is 5.73. The van der Waals surface area contributed by atoms with E-state index < -0.39 is 0 Å². The molecule has 1 N–H and O–H groups in total. The molecule has 0 bridgehead atoms. The van der Waals surface area contributed by atoms with Gasteiger partial charge in [0.05, 0.1) is 18.8 Å². The number of hydrogen-bond acceptors (Lipinski definition) is 3. The standard InChI is InChI=1S/C12H23NO2/c1-10(9-13-6-7-14-3)8-12-5-4-11(2)15-12/h8,11-13H,4-7,9H2,1-3H3/b10-8+. The van der Waals surface area contributed by atoms with Crippen LogP contribution in [0.2, 0.25) is 0 Å². The summed E-state index contributed by atoms with van der Waals surface area (Å²) >= 11 is 0. The highest BCUT2D eigenvalue weighted by molar-refractivity contribution is 5.05. The number of rotatable bonds is 6. The highest BCUT2D eigenvalue weighted by Crippen LogP contribution is 2.20. The van der Waals surface area contributed by atoms with Crippen LogP contribution < -0.4 is 5.32 Å². The van der Waals surface area contributed by atoms with Crippen LogP contribution in [0.4, 0.5) is 0 Å². The third kappa shape index (κ3) is 5.30. The van der Waals surface area contributed by atoms with E-state index in [1.54, 1.807) is 7.11 Å². The normalized spacial score (nSPS) is 27.3. The number of hydrogen-bond donors (Lipinski definition) is 1. The molecule has 1 aliphatic rings. The highest BCUT2D eigenvalue weighted by Gasteiger charge is 2.19. The summed E-state index contributed by atoms with van der Waals surface area (Å²) in [4.78, 5) is 0. The van der Waals surface area contributed by atoms with Gasteiger partial charge in [-0.2, -0.15) is 0 Å². The molecule has 0 aliphatic carbocycles. The molecule has 3 heteroatoms. The van der Waals surface area contributed by atoms with Crippen molar-refractivity contribution in [2.75, 3.05) is 26.8 Å². The molecule has 1 fully saturated rings. The van der Waals surface area contributed by atoms with E-state index in [2.05, 4.69) is 25.2 Å². The predicted octanol–water partition coefficient (Wildman–Crippen LogP) is 1.74. The third-order valence-corrected chi connectivity index (χ3v) is 2.62. The van der Waals surface area contributed by atoms with Crippen molar-refractivity contribution in [3.8, 4) is 0 Å². The Morgan fingerprint density at radius 1 is 1.53 bits per heavy atom.